The van der Waals surface area contributed by atoms with Crippen molar-refractivity contribution >= 4 is 13.4 Å². The normalized spacial score (nSPS) is 27.6. The summed E-state index contributed by atoms with van der Waals surface area (Å²) in [5, 5.41) is 0. The SMILES string of the molecule is O=C1CCCC(CC=CCP(=O)(O)O)C1F. The molecule has 0 aliphatic heterocycles. The van der Waals surface area contributed by atoms with Crippen LogP contribution < -0.4 is 0 Å². The number of alkyl halides is 1. The van der Waals surface area contributed by atoms with E-state index >= 15 is 0 Å². The second-order valence-electron chi connectivity index (χ2n) is 4.07. The van der Waals surface area contributed by atoms with Crippen LogP contribution in [0.15, 0.2) is 12.2 Å². The fourth-order valence-electron chi connectivity index (χ4n) is 1.81. The zero-order chi connectivity index (χ0) is 12.2. The summed E-state index contributed by atoms with van der Waals surface area (Å²) in [6.07, 6.45) is 3.21. The molecule has 1 aliphatic rings. The first-order valence-corrected chi connectivity index (χ1v) is 7.06. The minimum atomic E-state index is -4.01. The number of Topliss-reactive ketones (excluding diaryl/α,β-unsaturated/α-hetero) is 1. The molecule has 6 heteroatoms. The Hall–Kier alpha value is -0.510. The summed E-state index contributed by atoms with van der Waals surface area (Å²) < 4.78 is 23.9. The minimum Gasteiger partial charge on any atom is -0.324 e. The quantitative estimate of drug-likeness (QED) is 0.589. The first-order valence-electron chi connectivity index (χ1n) is 5.26. The predicted molar refractivity (Wildman–Crippen MR) is 57.9 cm³/mol. The third-order valence-electron chi connectivity index (χ3n) is 2.67. The van der Waals surface area contributed by atoms with Crippen molar-refractivity contribution in [3.63, 3.8) is 0 Å². The van der Waals surface area contributed by atoms with Crippen LogP contribution in [0.1, 0.15) is 25.7 Å². The average molecular weight is 250 g/mol. The summed E-state index contributed by atoms with van der Waals surface area (Å²) in [4.78, 5) is 28.2. The number of allylic oxidation sites excluding steroid dienone is 2. The molecule has 4 nitrogen and oxygen atoms in total. The molecule has 1 rings (SSSR count). The minimum absolute atomic E-state index is 0.309. The summed E-state index contributed by atoms with van der Waals surface area (Å²) in [7, 11) is -4.01. The van der Waals surface area contributed by atoms with Gasteiger partial charge in [0.05, 0.1) is 6.16 Å². The van der Waals surface area contributed by atoms with E-state index in [2.05, 4.69) is 0 Å². The van der Waals surface area contributed by atoms with Gasteiger partial charge in [0.25, 0.3) is 0 Å². The molecule has 2 unspecified atom stereocenters. The van der Waals surface area contributed by atoms with Gasteiger partial charge in [-0.05, 0) is 19.3 Å². The highest BCUT2D eigenvalue weighted by molar-refractivity contribution is 7.51. The highest BCUT2D eigenvalue weighted by atomic mass is 31.2. The molecular weight excluding hydrogens is 234 g/mol. The lowest BCUT2D eigenvalue weighted by molar-refractivity contribution is -0.127. The van der Waals surface area contributed by atoms with Crippen LogP contribution in [0.4, 0.5) is 4.39 Å². The van der Waals surface area contributed by atoms with Gasteiger partial charge in [-0.3, -0.25) is 9.36 Å². The number of ketones is 1. The van der Waals surface area contributed by atoms with E-state index in [-0.39, 0.29) is 17.9 Å². The Morgan fingerprint density at radius 1 is 1.44 bits per heavy atom. The van der Waals surface area contributed by atoms with Gasteiger partial charge in [0.2, 0.25) is 0 Å². The first-order chi connectivity index (χ1) is 7.40. The van der Waals surface area contributed by atoms with Gasteiger partial charge in [0, 0.05) is 12.3 Å². The second-order valence-corrected chi connectivity index (χ2v) is 5.77. The van der Waals surface area contributed by atoms with Crippen molar-refractivity contribution in [1.82, 2.24) is 0 Å². The molecule has 0 amide bonds. The lowest BCUT2D eigenvalue weighted by Gasteiger charge is -2.23. The van der Waals surface area contributed by atoms with Crippen molar-refractivity contribution in [3.8, 4) is 0 Å². The van der Waals surface area contributed by atoms with Crippen molar-refractivity contribution in [1.29, 1.82) is 0 Å². The molecule has 0 aromatic heterocycles. The fourth-order valence-corrected chi connectivity index (χ4v) is 2.23. The molecule has 0 aromatic carbocycles. The molecule has 1 saturated carbocycles. The second kappa shape index (κ2) is 5.71. The molecule has 16 heavy (non-hydrogen) atoms. The maximum absolute atomic E-state index is 13.4. The number of hydrogen-bond donors (Lipinski definition) is 2. The molecule has 0 saturated heterocycles. The summed E-state index contributed by atoms with van der Waals surface area (Å²) in [5.74, 6) is -0.672. The van der Waals surface area contributed by atoms with Gasteiger partial charge >= 0.3 is 7.60 Å². The topological polar surface area (TPSA) is 74.6 Å². The van der Waals surface area contributed by atoms with Gasteiger partial charge in [-0.2, -0.15) is 0 Å². The van der Waals surface area contributed by atoms with E-state index in [1.807, 2.05) is 0 Å². The van der Waals surface area contributed by atoms with Crippen molar-refractivity contribution in [2.75, 3.05) is 6.16 Å². The lowest BCUT2D eigenvalue weighted by atomic mass is 9.84. The van der Waals surface area contributed by atoms with E-state index < -0.39 is 13.8 Å². The highest BCUT2D eigenvalue weighted by Crippen LogP contribution is 2.34. The molecule has 92 valence electrons. The van der Waals surface area contributed by atoms with Crippen molar-refractivity contribution in [2.24, 2.45) is 5.92 Å². The third-order valence-corrected chi connectivity index (χ3v) is 3.35. The zero-order valence-corrected chi connectivity index (χ0v) is 9.78. The summed E-state index contributed by atoms with van der Waals surface area (Å²) in [6, 6.07) is 0. The Morgan fingerprint density at radius 2 is 2.12 bits per heavy atom. The molecule has 0 heterocycles. The number of carbonyl (C=O) groups excluding carboxylic acids is 1. The van der Waals surface area contributed by atoms with Crippen LogP contribution in [0.3, 0.4) is 0 Å². The molecular formula is C10H16FO4P. The Morgan fingerprint density at radius 3 is 2.75 bits per heavy atom. The van der Waals surface area contributed by atoms with Gasteiger partial charge < -0.3 is 9.79 Å². The molecule has 0 aromatic rings. The Bertz CT molecular complexity index is 323. The van der Waals surface area contributed by atoms with E-state index in [1.165, 1.54) is 6.08 Å². The largest absolute Gasteiger partial charge is 0.329 e. The van der Waals surface area contributed by atoms with E-state index in [4.69, 9.17) is 9.79 Å². The number of halogens is 1. The predicted octanol–water partition coefficient (Wildman–Crippen LogP) is 1.82. The molecule has 2 N–H and O–H groups in total. The average Bonchev–Trinajstić information content (AvgIpc) is 2.17. The summed E-state index contributed by atoms with van der Waals surface area (Å²) in [6.45, 7) is 0. The van der Waals surface area contributed by atoms with Crippen molar-refractivity contribution in [3.05, 3.63) is 12.2 Å². The van der Waals surface area contributed by atoms with Crippen LogP contribution in [-0.2, 0) is 9.36 Å². The molecule has 0 radical (unpaired) electrons. The fraction of sp³-hybridized carbons (Fsp3) is 0.700. The first kappa shape index (κ1) is 13.6. The smallest absolute Gasteiger partial charge is 0.324 e. The standard InChI is InChI=1S/C10H16FO4P/c11-10-8(5-3-6-9(10)12)4-1-2-7-16(13,14)15/h1-2,8,10H,3-7H2,(H2,13,14,15). The van der Waals surface area contributed by atoms with Crippen LogP contribution in [0, 0.1) is 5.92 Å². The van der Waals surface area contributed by atoms with E-state index in [9.17, 15) is 13.8 Å². The molecule has 1 aliphatic carbocycles. The maximum atomic E-state index is 13.4. The number of hydrogen-bond acceptors (Lipinski definition) is 2. The number of carbonyl (C=O) groups is 1. The van der Waals surface area contributed by atoms with Gasteiger partial charge in [-0.25, -0.2) is 4.39 Å². The van der Waals surface area contributed by atoms with Crippen LogP contribution >= 0.6 is 7.60 Å². The number of rotatable bonds is 4. The Labute approximate surface area is 93.7 Å². The Kier molecular flexibility index (Phi) is 4.84. The van der Waals surface area contributed by atoms with E-state index in [0.29, 0.717) is 25.7 Å². The zero-order valence-electron chi connectivity index (χ0n) is 8.88. The lowest BCUT2D eigenvalue weighted by Crippen LogP contribution is -2.29. The Balaban J connectivity index is 2.37. The van der Waals surface area contributed by atoms with Crippen molar-refractivity contribution < 1.29 is 23.5 Å². The van der Waals surface area contributed by atoms with Gasteiger partial charge in [-0.15, -0.1) is 0 Å². The summed E-state index contributed by atoms with van der Waals surface area (Å²) >= 11 is 0. The van der Waals surface area contributed by atoms with E-state index in [1.54, 1.807) is 6.08 Å². The molecule has 1 fully saturated rings. The monoisotopic (exact) mass is 250 g/mol. The van der Waals surface area contributed by atoms with E-state index in [0.717, 1.165) is 0 Å². The van der Waals surface area contributed by atoms with Crippen LogP contribution in [0.5, 0.6) is 0 Å². The molecule has 0 spiro atoms. The third kappa shape index (κ3) is 4.56. The van der Waals surface area contributed by atoms with Crippen LogP contribution in [0.25, 0.3) is 0 Å². The van der Waals surface area contributed by atoms with Crippen LogP contribution in [0.2, 0.25) is 0 Å². The highest BCUT2D eigenvalue weighted by Gasteiger charge is 2.30. The maximum Gasteiger partial charge on any atom is 0.329 e. The molecule has 2 atom stereocenters. The summed E-state index contributed by atoms with van der Waals surface area (Å²) in [5.41, 5.74) is 0. The van der Waals surface area contributed by atoms with Gasteiger partial charge in [-0.1, -0.05) is 12.2 Å². The molecule has 0 bridgehead atoms. The van der Waals surface area contributed by atoms with Crippen molar-refractivity contribution in [2.45, 2.75) is 31.9 Å². The van der Waals surface area contributed by atoms with Gasteiger partial charge in [0.1, 0.15) is 0 Å². The van der Waals surface area contributed by atoms with Crippen LogP contribution in [-0.4, -0.2) is 27.9 Å². The van der Waals surface area contributed by atoms with Gasteiger partial charge in [0.15, 0.2) is 12.0 Å².